The van der Waals surface area contributed by atoms with Crippen LogP contribution in [0.25, 0.3) is 5.69 Å². The van der Waals surface area contributed by atoms with Crippen molar-refractivity contribution in [3.63, 3.8) is 0 Å². The van der Waals surface area contributed by atoms with Gasteiger partial charge in [-0.05, 0) is 49.6 Å². The van der Waals surface area contributed by atoms with Crippen LogP contribution in [-0.4, -0.2) is 10.5 Å². The number of carbonyl (C=O) groups excluding carboxylic acids is 1. The molecule has 1 heterocycles. The number of nitrogens with zero attached hydrogens (tertiary/aromatic N) is 1. The van der Waals surface area contributed by atoms with E-state index in [2.05, 4.69) is 34.1 Å². The van der Waals surface area contributed by atoms with Crippen molar-refractivity contribution in [1.82, 2.24) is 9.88 Å². The van der Waals surface area contributed by atoms with Gasteiger partial charge in [0, 0.05) is 24.0 Å². The lowest BCUT2D eigenvalue weighted by molar-refractivity contribution is -0.122. The van der Waals surface area contributed by atoms with Crippen molar-refractivity contribution in [3.8, 4) is 5.69 Å². The average Bonchev–Trinajstić information content (AvgIpc) is 3.14. The van der Waals surface area contributed by atoms with E-state index in [1.54, 1.807) is 0 Å². The molecule has 0 saturated heterocycles. The van der Waals surface area contributed by atoms with Crippen LogP contribution < -0.4 is 5.32 Å². The van der Waals surface area contributed by atoms with Crippen molar-refractivity contribution in [2.45, 2.75) is 25.8 Å². The predicted molar refractivity (Wildman–Crippen MR) is 75.1 cm³/mol. The number of aromatic nitrogens is 1. The molecule has 0 spiro atoms. The zero-order chi connectivity index (χ0) is 13.2. The van der Waals surface area contributed by atoms with Gasteiger partial charge in [-0.1, -0.05) is 12.1 Å². The van der Waals surface area contributed by atoms with Gasteiger partial charge < -0.3 is 9.88 Å². The standard InChI is InChI=1S/C16H18N2O/c1-12(17-16(19)14-4-5-14)13-6-8-15(9-7-13)18-10-2-3-11-18/h2-3,6-12,14H,4-5H2,1H3,(H,17,19)/t12-/m0/s1. The third-order valence-corrected chi connectivity index (χ3v) is 3.60. The molecule has 0 unspecified atom stereocenters. The van der Waals surface area contributed by atoms with E-state index in [4.69, 9.17) is 0 Å². The molecule has 1 aliphatic carbocycles. The molecule has 1 atom stereocenters. The number of nitrogens with one attached hydrogen (secondary N) is 1. The van der Waals surface area contributed by atoms with Gasteiger partial charge in [-0.25, -0.2) is 0 Å². The second-order valence-corrected chi connectivity index (χ2v) is 5.19. The van der Waals surface area contributed by atoms with Crippen molar-refractivity contribution in [2.75, 3.05) is 0 Å². The van der Waals surface area contributed by atoms with E-state index in [1.165, 1.54) is 0 Å². The van der Waals surface area contributed by atoms with Crippen molar-refractivity contribution in [1.29, 1.82) is 0 Å². The highest BCUT2D eigenvalue weighted by Gasteiger charge is 2.30. The highest BCUT2D eigenvalue weighted by molar-refractivity contribution is 5.81. The number of amides is 1. The molecule has 2 aromatic rings. The SMILES string of the molecule is C[C@H](NC(=O)C1CC1)c1ccc(-n2cccc2)cc1. The van der Waals surface area contributed by atoms with E-state index < -0.39 is 0 Å². The molecule has 1 N–H and O–H groups in total. The van der Waals surface area contributed by atoms with Crippen LogP contribution in [0.5, 0.6) is 0 Å². The summed E-state index contributed by atoms with van der Waals surface area (Å²) in [5.74, 6) is 0.462. The van der Waals surface area contributed by atoms with Crippen LogP contribution in [0.1, 0.15) is 31.4 Å². The second kappa shape index (κ2) is 4.92. The molecule has 19 heavy (non-hydrogen) atoms. The molecule has 98 valence electrons. The van der Waals surface area contributed by atoms with Gasteiger partial charge in [0.25, 0.3) is 0 Å². The Morgan fingerprint density at radius 1 is 1.21 bits per heavy atom. The third kappa shape index (κ3) is 2.70. The molecule has 1 aromatic heterocycles. The van der Waals surface area contributed by atoms with Crippen LogP contribution >= 0.6 is 0 Å². The van der Waals surface area contributed by atoms with Gasteiger partial charge in [0.1, 0.15) is 0 Å². The summed E-state index contributed by atoms with van der Waals surface area (Å²) in [5.41, 5.74) is 2.28. The zero-order valence-corrected chi connectivity index (χ0v) is 11.0. The predicted octanol–water partition coefficient (Wildman–Crippen LogP) is 3.06. The van der Waals surface area contributed by atoms with Crippen LogP contribution in [0.15, 0.2) is 48.8 Å². The summed E-state index contributed by atoms with van der Waals surface area (Å²) < 4.78 is 2.07. The molecule has 0 bridgehead atoms. The molecule has 3 heteroatoms. The van der Waals surface area contributed by atoms with Crippen LogP contribution in [0, 0.1) is 5.92 Å². The summed E-state index contributed by atoms with van der Waals surface area (Å²) in [6, 6.07) is 12.4. The Morgan fingerprint density at radius 2 is 1.84 bits per heavy atom. The molecule has 1 amide bonds. The molecule has 3 nitrogen and oxygen atoms in total. The maximum Gasteiger partial charge on any atom is 0.223 e. The molecule has 1 aliphatic rings. The number of hydrogen-bond acceptors (Lipinski definition) is 1. The summed E-state index contributed by atoms with van der Waals surface area (Å²) in [6.45, 7) is 2.03. The topological polar surface area (TPSA) is 34.0 Å². The summed E-state index contributed by atoms with van der Waals surface area (Å²) in [7, 11) is 0. The van der Waals surface area contributed by atoms with Crippen LogP contribution in [-0.2, 0) is 4.79 Å². The van der Waals surface area contributed by atoms with Gasteiger partial charge in [-0.15, -0.1) is 0 Å². The highest BCUT2D eigenvalue weighted by atomic mass is 16.2. The van der Waals surface area contributed by atoms with Crippen molar-refractivity contribution >= 4 is 5.91 Å². The molecule has 0 radical (unpaired) electrons. The monoisotopic (exact) mass is 254 g/mol. The minimum Gasteiger partial charge on any atom is -0.349 e. The van der Waals surface area contributed by atoms with E-state index in [0.29, 0.717) is 0 Å². The maximum absolute atomic E-state index is 11.7. The van der Waals surface area contributed by atoms with Gasteiger partial charge in [-0.3, -0.25) is 4.79 Å². The smallest absolute Gasteiger partial charge is 0.223 e. The van der Waals surface area contributed by atoms with Gasteiger partial charge in [0.05, 0.1) is 6.04 Å². The third-order valence-electron chi connectivity index (χ3n) is 3.60. The quantitative estimate of drug-likeness (QED) is 0.894. The van der Waals surface area contributed by atoms with E-state index in [0.717, 1.165) is 24.1 Å². The summed E-state index contributed by atoms with van der Waals surface area (Å²) in [4.78, 5) is 11.7. The molecule has 1 saturated carbocycles. The van der Waals surface area contributed by atoms with Gasteiger partial charge in [0.15, 0.2) is 0 Å². The Bertz CT molecular complexity index is 553. The Balaban J connectivity index is 1.69. The largest absolute Gasteiger partial charge is 0.349 e. The van der Waals surface area contributed by atoms with Crippen LogP contribution in [0.3, 0.4) is 0 Å². The van der Waals surface area contributed by atoms with E-state index in [1.807, 2.05) is 31.5 Å². The normalized spacial score (nSPS) is 16.1. The fourth-order valence-electron chi connectivity index (χ4n) is 2.20. The first-order chi connectivity index (χ1) is 9.24. The zero-order valence-electron chi connectivity index (χ0n) is 11.0. The number of rotatable bonds is 4. The van der Waals surface area contributed by atoms with Crippen LogP contribution in [0.4, 0.5) is 0 Å². The van der Waals surface area contributed by atoms with Crippen molar-refractivity contribution < 1.29 is 4.79 Å². The first-order valence-corrected chi connectivity index (χ1v) is 6.78. The number of hydrogen-bond donors (Lipinski definition) is 1. The van der Waals surface area contributed by atoms with Crippen molar-refractivity contribution in [3.05, 3.63) is 54.4 Å². The van der Waals surface area contributed by atoms with Gasteiger partial charge >= 0.3 is 0 Å². The lowest BCUT2D eigenvalue weighted by atomic mass is 10.1. The molecular formula is C16H18N2O. The second-order valence-electron chi connectivity index (χ2n) is 5.19. The minimum absolute atomic E-state index is 0.0758. The van der Waals surface area contributed by atoms with Gasteiger partial charge in [0.2, 0.25) is 5.91 Å². The lowest BCUT2D eigenvalue weighted by Gasteiger charge is -2.14. The lowest BCUT2D eigenvalue weighted by Crippen LogP contribution is -2.27. The van der Waals surface area contributed by atoms with Gasteiger partial charge in [-0.2, -0.15) is 0 Å². The van der Waals surface area contributed by atoms with Crippen molar-refractivity contribution in [2.24, 2.45) is 5.92 Å². The molecule has 0 aliphatic heterocycles. The molecule has 3 rings (SSSR count). The average molecular weight is 254 g/mol. The number of benzene rings is 1. The Labute approximate surface area is 113 Å². The highest BCUT2D eigenvalue weighted by Crippen LogP contribution is 2.29. The van der Waals surface area contributed by atoms with E-state index in [-0.39, 0.29) is 17.9 Å². The summed E-state index contributed by atoms with van der Waals surface area (Å²) >= 11 is 0. The van der Waals surface area contributed by atoms with E-state index >= 15 is 0 Å². The first-order valence-electron chi connectivity index (χ1n) is 6.78. The summed E-state index contributed by atoms with van der Waals surface area (Å²) in [6.07, 6.45) is 6.14. The van der Waals surface area contributed by atoms with Crippen LogP contribution in [0.2, 0.25) is 0 Å². The first kappa shape index (κ1) is 12.0. The summed E-state index contributed by atoms with van der Waals surface area (Å²) in [5, 5.41) is 3.07. The van der Waals surface area contributed by atoms with E-state index in [9.17, 15) is 4.79 Å². The molecule has 1 fully saturated rings. The minimum atomic E-state index is 0.0758. The Morgan fingerprint density at radius 3 is 2.42 bits per heavy atom. The number of carbonyl (C=O) groups is 1. The maximum atomic E-state index is 11.7. The molecular weight excluding hydrogens is 236 g/mol. The fourth-order valence-corrected chi connectivity index (χ4v) is 2.20. The fraction of sp³-hybridized carbons (Fsp3) is 0.312. The Kier molecular flexibility index (Phi) is 3.11. The Hall–Kier alpha value is -2.03. The molecule has 1 aromatic carbocycles.